The quantitative estimate of drug-likeness (QED) is 0.151. The first-order valence-electron chi connectivity index (χ1n) is 13.8. The lowest BCUT2D eigenvalue weighted by Crippen LogP contribution is -2.44. The van der Waals surface area contributed by atoms with E-state index in [0.29, 0.717) is 5.29 Å². The van der Waals surface area contributed by atoms with E-state index in [9.17, 15) is 14.4 Å². The number of hydrogen-bond acceptors (Lipinski definition) is 5. The number of carbonyl (C=O) groups is 3. The number of nitrogens with one attached hydrogen (secondary N) is 1. The lowest BCUT2D eigenvalue weighted by Gasteiger charge is -2.32. The van der Waals surface area contributed by atoms with Gasteiger partial charge in [0.1, 0.15) is 6.61 Å². The minimum absolute atomic E-state index is 0.0713. The Bertz CT molecular complexity index is 1470. The van der Waals surface area contributed by atoms with Gasteiger partial charge >= 0.3 is 12.1 Å². The molecule has 4 aromatic rings. The number of ether oxygens (including phenoxy) is 2. The molecule has 6 nitrogen and oxygen atoms in total. The summed E-state index contributed by atoms with van der Waals surface area (Å²) in [4.78, 5) is 39.9. The predicted octanol–water partition coefficient (Wildman–Crippen LogP) is 5.16. The Labute approximate surface area is 247 Å². The molecule has 1 unspecified atom stereocenters. The van der Waals surface area contributed by atoms with Crippen LogP contribution in [-0.4, -0.2) is 35.8 Å². The summed E-state index contributed by atoms with van der Waals surface area (Å²) in [7, 11) is 0. The van der Waals surface area contributed by atoms with Crippen LogP contribution in [0.3, 0.4) is 0 Å². The van der Waals surface area contributed by atoms with Crippen molar-refractivity contribution in [2.24, 2.45) is 0 Å². The standard InChI is InChI=1S/C35H34NO5P/c1-3-40-33(37)25-24-32(34(38)27(2)36-35(39)41-26-28-16-8-4-9-17-28)42(29-18-10-5-11-19-29,30-20-12-6-13-21-30)31-22-14-7-15-23-31/h4-25,27H,3,26H2,1-2H3,(H,36,39)/b25-24+. The van der Waals surface area contributed by atoms with Gasteiger partial charge in [0.25, 0.3) is 0 Å². The maximum atomic E-state index is 14.5. The zero-order chi connectivity index (χ0) is 29.8. The molecular weight excluding hydrogens is 545 g/mol. The fraction of sp³-hybridized carbons (Fsp3) is 0.143. The number of alkyl carbamates (subject to hydrolysis) is 1. The van der Waals surface area contributed by atoms with Gasteiger partial charge in [-0.3, -0.25) is 4.79 Å². The molecule has 214 valence electrons. The molecule has 42 heavy (non-hydrogen) atoms. The SMILES string of the molecule is CCOC(=O)/C=C/C(C(=O)C(C)NC(=O)OCc1ccccc1)=P(c1ccccc1)(c1ccccc1)c1ccccc1. The Morgan fingerprint density at radius 2 is 1.14 bits per heavy atom. The molecule has 4 rings (SSSR count). The van der Waals surface area contributed by atoms with Crippen molar-refractivity contribution in [3.05, 3.63) is 139 Å². The van der Waals surface area contributed by atoms with Crippen LogP contribution >= 0.6 is 6.89 Å². The van der Waals surface area contributed by atoms with Crippen molar-refractivity contribution in [1.29, 1.82) is 0 Å². The summed E-state index contributed by atoms with van der Waals surface area (Å²) in [6.45, 7) is 0.750. The van der Waals surface area contributed by atoms with E-state index in [1.54, 1.807) is 19.9 Å². The number of benzene rings is 4. The Balaban J connectivity index is 1.90. The van der Waals surface area contributed by atoms with Crippen LogP contribution in [0.15, 0.2) is 133 Å². The molecule has 0 bridgehead atoms. The number of rotatable bonds is 11. The summed E-state index contributed by atoms with van der Waals surface area (Å²) in [5.41, 5.74) is 0.832. The van der Waals surface area contributed by atoms with E-state index in [-0.39, 0.29) is 19.0 Å². The molecule has 0 aliphatic carbocycles. The van der Waals surface area contributed by atoms with Gasteiger partial charge in [0, 0.05) is 11.4 Å². The Morgan fingerprint density at radius 3 is 1.60 bits per heavy atom. The van der Waals surface area contributed by atoms with Gasteiger partial charge in [-0.05, 0) is 48.3 Å². The third kappa shape index (κ3) is 7.15. The Morgan fingerprint density at radius 1 is 0.690 bits per heavy atom. The van der Waals surface area contributed by atoms with Crippen LogP contribution in [0.1, 0.15) is 19.4 Å². The van der Waals surface area contributed by atoms with Crippen LogP contribution in [0.25, 0.3) is 0 Å². The Hall–Kier alpha value is -4.67. The van der Waals surface area contributed by atoms with E-state index in [1.807, 2.05) is 121 Å². The molecule has 7 heteroatoms. The van der Waals surface area contributed by atoms with Gasteiger partial charge in [0.15, 0.2) is 5.78 Å². The number of carbonyl (C=O) groups excluding carboxylic acids is 3. The van der Waals surface area contributed by atoms with Gasteiger partial charge in [-0.25, -0.2) is 9.59 Å². The second kappa shape index (κ2) is 14.8. The van der Waals surface area contributed by atoms with Crippen molar-refractivity contribution in [1.82, 2.24) is 5.32 Å². The fourth-order valence-electron chi connectivity index (χ4n) is 4.74. The first-order chi connectivity index (χ1) is 20.5. The van der Waals surface area contributed by atoms with Gasteiger partial charge in [0.05, 0.1) is 12.6 Å². The van der Waals surface area contributed by atoms with Crippen molar-refractivity contribution in [2.45, 2.75) is 26.5 Å². The summed E-state index contributed by atoms with van der Waals surface area (Å²) >= 11 is 0. The monoisotopic (exact) mass is 579 g/mol. The summed E-state index contributed by atoms with van der Waals surface area (Å²) in [6, 6.07) is 37.8. The highest BCUT2D eigenvalue weighted by Gasteiger charge is 2.34. The summed E-state index contributed by atoms with van der Waals surface area (Å²) in [5, 5.41) is 5.89. The largest absolute Gasteiger partial charge is 0.463 e. The predicted molar refractivity (Wildman–Crippen MR) is 170 cm³/mol. The minimum atomic E-state index is -2.87. The van der Waals surface area contributed by atoms with Gasteiger partial charge in [-0.2, -0.15) is 0 Å². The van der Waals surface area contributed by atoms with Crippen molar-refractivity contribution in [3.63, 3.8) is 0 Å². The van der Waals surface area contributed by atoms with E-state index < -0.39 is 25.0 Å². The first-order valence-corrected chi connectivity index (χ1v) is 15.6. The van der Waals surface area contributed by atoms with E-state index in [4.69, 9.17) is 9.47 Å². The van der Waals surface area contributed by atoms with Gasteiger partial charge in [0.2, 0.25) is 0 Å². The molecule has 0 aromatic heterocycles. The average Bonchev–Trinajstić information content (AvgIpc) is 3.03. The average molecular weight is 580 g/mol. The third-order valence-corrected chi connectivity index (χ3v) is 11.0. The van der Waals surface area contributed by atoms with Crippen LogP contribution in [0.5, 0.6) is 0 Å². The van der Waals surface area contributed by atoms with Crippen molar-refractivity contribution in [3.8, 4) is 0 Å². The molecule has 1 N–H and O–H groups in total. The highest BCUT2D eigenvalue weighted by atomic mass is 31.2. The zero-order valence-corrected chi connectivity index (χ0v) is 24.6. The molecule has 0 heterocycles. The maximum Gasteiger partial charge on any atom is 0.408 e. The molecule has 1 amide bonds. The van der Waals surface area contributed by atoms with Crippen molar-refractivity contribution < 1.29 is 23.9 Å². The van der Waals surface area contributed by atoms with Crippen LogP contribution in [0.4, 0.5) is 4.79 Å². The van der Waals surface area contributed by atoms with Crippen LogP contribution in [0.2, 0.25) is 0 Å². The van der Waals surface area contributed by atoms with Crippen LogP contribution < -0.4 is 21.2 Å². The molecule has 1 atom stereocenters. The topological polar surface area (TPSA) is 81.7 Å². The van der Waals surface area contributed by atoms with Gasteiger partial charge in [-0.15, -0.1) is 0 Å². The number of ketones is 1. The first kappa shape index (κ1) is 30.3. The second-order valence-electron chi connectivity index (χ2n) is 9.44. The van der Waals surface area contributed by atoms with Crippen LogP contribution in [-0.2, 0) is 25.7 Å². The highest BCUT2D eigenvalue weighted by Crippen LogP contribution is 2.46. The number of Topliss-reactive ketones (excluding diaryl/α,β-unsaturated/α-hetero) is 1. The molecule has 0 fully saturated rings. The van der Waals surface area contributed by atoms with Gasteiger partial charge < -0.3 is 14.8 Å². The Kier molecular flexibility index (Phi) is 10.7. The molecule has 0 spiro atoms. The molecule has 0 aliphatic rings. The minimum Gasteiger partial charge on any atom is -0.463 e. The van der Waals surface area contributed by atoms with E-state index in [2.05, 4.69) is 5.32 Å². The summed E-state index contributed by atoms with van der Waals surface area (Å²) in [6.07, 6.45) is 2.14. The molecule has 0 aliphatic heterocycles. The molecule has 0 saturated carbocycles. The lowest BCUT2D eigenvalue weighted by molar-refractivity contribution is -0.137. The lowest BCUT2D eigenvalue weighted by atomic mass is 10.1. The van der Waals surface area contributed by atoms with Crippen molar-refractivity contribution in [2.75, 3.05) is 6.61 Å². The number of esters is 1. The van der Waals surface area contributed by atoms with E-state index in [1.165, 1.54) is 6.08 Å². The highest BCUT2D eigenvalue weighted by molar-refractivity contribution is 7.96. The molecule has 0 radical (unpaired) electrons. The number of hydrogen-bond donors (Lipinski definition) is 1. The zero-order valence-electron chi connectivity index (χ0n) is 23.7. The van der Waals surface area contributed by atoms with E-state index in [0.717, 1.165) is 21.5 Å². The summed E-state index contributed by atoms with van der Waals surface area (Å²) < 4.78 is 10.6. The summed E-state index contributed by atoms with van der Waals surface area (Å²) in [5.74, 6) is -0.893. The second-order valence-corrected chi connectivity index (χ2v) is 12.8. The third-order valence-electron chi connectivity index (χ3n) is 6.65. The molecule has 0 saturated heterocycles. The smallest absolute Gasteiger partial charge is 0.408 e. The van der Waals surface area contributed by atoms with Gasteiger partial charge in [-0.1, -0.05) is 121 Å². The van der Waals surface area contributed by atoms with E-state index >= 15 is 0 Å². The fourth-order valence-corrected chi connectivity index (χ4v) is 9.15. The number of amides is 1. The molecular formula is C35H34NO5P. The normalized spacial score (nSPS) is 11.9. The van der Waals surface area contributed by atoms with Crippen LogP contribution in [0, 0.1) is 0 Å². The van der Waals surface area contributed by atoms with Crippen molar-refractivity contribution >= 4 is 45.9 Å². The molecule has 4 aromatic carbocycles. The maximum absolute atomic E-state index is 14.5. The number of allylic oxidation sites excluding steroid dienone is 1.